The van der Waals surface area contributed by atoms with Gasteiger partial charge in [0.15, 0.2) is 0 Å². The Labute approximate surface area is 110 Å². The number of benzene rings is 1. The van der Waals surface area contributed by atoms with Crippen molar-refractivity contribution in [1.29, 1.82) is 5.26 Å². The van der Waals surface area contributed by atoms with Gasteiger partial charge in [-0.3, -0.25) is 0 Å². The van der Waals surface area contributed by atoms with Gasteiger partial charge >= 0.3 is 0 Å². The predicted octanol–water partition coefficient (Wildman–Crippen LogP) is 2.94. The first-order valence-electron chi connectivity index (χ1n) is 5.77. The van der Waals surface area contributed by atoms with Crippen LogP contribution in [-0.2, 0) is 4.74 Å². The number of nitriles is 1. The first kappa shape index (κ1) is 12.4. The summed E-state index contributed by atoms with van der Waals surface area (Å²) in [4.78, 5) is 2.24. The van der Waals surface area contributed by atoms with Crippen molar-refractivity contribution in [2.75, 3.05) is 24.6 Å². The predicted molar refractivity (Wildman–Crippen MR) is 71.1 cm³/mol. The van der Waals surface area contributed by atoms with E-state index in [4.69, 9.17) is 10.00 Å². The first-order chi connectivity index (χ1) is 8.20. The largest absolute Gasteiger partial charge is 0.377 e. The lowest BCUT2D eigenvalue weighted by atomic mass is 10.1. The minimum absolute atomic E-state index is 0.211. The van der Waals surface area contributed by atoms with Gasteiger partial charge in [0, 0.05) is 24.2 Å². The van der Waals surface area contributed by atoms with Gasteiger partial charge in [-0.05, 0) is 31.5 Å². The van der Waals surface area contributed by atoms with Crippen molar-refractivity contribution in [1.82, 2.24) is 0 Å². The Morgan fingerprint density at radius 2 is 2.35 bits per heavy atom. The van der Waals surface area contributed by atoms with Crippen molar-refractivity contribution < 1.29 is 4.74 Å². The summed E-state index contributed by atoms with van der Waals surface area (Å²) in [5, 5.41) is 9.15. The smallest absolute Gasteiger partial charge is 0.101 e. The molecule has 1 fully saturated rings. The SMILES string of the molecule is CC1CN(c2cc(Br)ccc2C#N)CCCO1. The summed E-state index contributed by atoms with van der Waals surface area (Å²) in [7, 11) is 0. The van der Waals surface area contributed by atoms with Crippen LogP contribution in [-0.4, -0.2) is 25.8 Å². The Morgan fingerprint density at radius 3 is 3.12 bits per heavy atom. The van der Waals surface area contributed by atoms with Gasteiger partial charge in [0.05, 0.1) is 17.4 Å². The topological polar surface area (TPSA) is 36.3 Å². The van der Waals surface area contributed by atoms with E-state index in [2.05, 4.69) is 33.8 Å². The van der Waals surface area contributed by atoms with E-state index in [-0.39, 0.29) is 6.10 Å². The second-order valence-electron chi connectivity index (χ2n) is 4.25. The fourth-order valence-corrected chi connectivity index (χ4v) is 2.42. The van der Waals surface area contributed by atoms with Crippen molar-refractivity contribution in [3.8, 4) is 6.07 Å². The van der Waals surface area contributed by atoms with E-state index in [0.29, 0.717) is 0 Å². The van der Waals surface area contributed by atoms with Crippen molar-refractivity contribution in [3.05, 3.63) is 28.2 Å². The van der Waals surface area contributed by atoms with E-state index in [1.54, 1.807) is 0 Å². The molecular weight excluding hydrogens is 280 g/mol. The molecule has 1 aliphatic heterocycles. The van der Waals surface area contributed by atoms with Crippen molar-refractivity contribution >= 4 is 21.6 Å². The average Bonchev–Trinajstić information content (AvgIpc) is 2.54. The third-order valence-electron chi connectivity index (χ3n) is 2.87. The average molecular weight is 295 g/mol. The van der Waals surface area contributed by atoms with E-state index in [9.17, 15) is 0 Å². The molecule has 1 saturated heterocycles. The highest BCUT2D eigenvalue weighted by Gasteiger charge is 2.18. The highest BCUT2D eigenvalue weighted by molar-refractivity contribution is 9.10. The monoisotopic (exact) mass is 294 g/mol. The van der Waals surface area contributed by atoms with Crippen LogP contribution < -0.4 is 4.90 Å². The summed E-state index contributed by atoms with van der Waals surface area (Å²) in [6, 6.07) is 8.02. The number of rotatable bonds is 1. The number of halogens is 1. The summed E-state index contributed by atoms with van der Waals surface area (Å²) in [5.74, 6) is 0. The molecule has 0 bridgehead atoms. The molecule has 1 unspecified atom stereocenters. The van der Waals surface area contributed by atoms with E-state index in [1.165, 1.54) is 0 Å². The van der Waals surface area contributed by atoms with Gasteiger partial charge in [-0.15, -0.1) is 0 Å². The van der Waals surface area contributed by atoms with Gasteiger partial charge in [0.25, 0.3) is 0 Å². The van der Waals surface area contributed by atoms with E-state index in [1.807, 2.05) is 18.2 Å². The van der Waals surface area contributed by atoms with Gasteiger partial charge < -0.3 is 9.64 Å². The van der Waals surface area contributed by atoms with Gasteiger partial charge in [0.1, 0.15) is 6.07 Å². The van der Waals surface area contributed by atoms with Crippen LogP contribution in [0.3, 0.4) is 0 Å². The molecule has 0 aliphatic carbocycles. The lowest BCUT2D eigenvalue weighted by molar-refractivity contribution is 0.0821. The molecule has 0 aromatic heterocycles. The Balaban J connectivity index is 2.31. The lowest BCUT2D eigenvalue weighted by Crippen LogP contribution is -2.30. The molecule has 1 aromatic carbocycles. The number of anilines is 1. The molecule has 4 heteroatoms. The molecule has 0 spiro atoms. The van der Waals surface area contributed by atoms with Gasteiger partial charge in [-0.25, -0.2) is 0 Å². The van der Waals surface area contributed by atoms with Gasteiger partial charge in [-0.1, -0.05) is 15.9 Å². The number of hydrogen-bond donors (Lipinski definition) is 0. The summed E-state index contributed by atoms with van der Waals surface area (Å²) < 4.78 is 6.63. The molecule has 2 rings (SSSR count). The van der Waals surface area contributed by atoms with Crippen LogP contribution in [0.25, 0.3) is 0 Å². The number of nitrogens with zero attached hydrogens (tertiary/aromatic N) is 2. The Hall–Kier alpha value is -1.05. The van der Waals surface area contributed by atoms with E-state index in [0.717, 1.165) is 41.8 Å². The van der Waals surface area contributed by atoms with Crippen LogP contribution in [0.2, 0.25) is 0 Å². The van der Waals surface area contributed by atoms with Crippen molar-refractivity contribution in [2.45, 2.75) is 19.4 Å². The fraction of sp³-hybridized carbons (Fsp3) is 0.462. The van der Waals surface area contributed by atoms with Crippen LogP contribution >= 0.6 is 15.9 Å². The van der Waals surface area contributed by atoms with Crippen molar-refractivity contribution in [3.63, 3.8) is 0 Å². The minimum atomic E-state index is 0.211. The molecule has 0 saturated carbocycles. The molecule has 0 N–H and O–H groups in total. The second-order valence-corrected chi connectivity index (χ2v) is 5.17. The van der Waals surface area contributed by atoms with E-state index >= 15 is 0 Å². The number of ether oxygens (including phenoxy) is 1. The fourth-order valence-electron chi connectivity index (χ4n) is 2.07. The van der Waals surface area contributed by atoms with Crippen LogP contribution in [0.5, 0.6) is 0 Å². The maximum Gasteiger partial charge on any atom is 0.101 e. The Morgan fingerprint density at radius 1 is 1.53 bits per heavy atom. The third-order valence-corrected chi connectivity index (χ3v) is 3.37. The highest BCUT2D eigenvalue weighted by Crippen LogP contribution is 2.26. The Bertz CT molecular complexity index is 442. The quantitative estimate of drug-likeness (QED) is 0.799. The third kappa shape index (κ3) is 2.99. The van der Waals surface area contributed by atoms with E-state index < -0.39 is 0 Å². The van der Waals surface area contributed by atoms with Crippen LogP contribution in [0.1, 0.15) is 18.9 Å². The summed E-state index contributed by atoms with van der Waals surface area (Å²) in [5.41, 5.74) is 1.72. The van der Waals surface area contributed by atoms with Gasteiger partial charge in [-0.2, -0.15) is 5.26 Å². The zero-order valence-electron chi connectivity index (χ0n) is 9.82. The summed E-state index contributed by atoms with van der Waals surface area (Å²) in [6.07, 6.45) is 1.21. The first-order valence-corrected chi connectivity index (χ1v) is 6.56. The molecule has 1 aromatic rings. The summed E-state index contributed by atoms with van der Waals surface area (Å²) >= 11 is 3.46. The second kappa shape index (κ2) is 5.52. The zero-order valence-corrected chi connectivity index (χ0v) is 11.4. The lowest BCUT2D eigenvalue weighted by Gasteiger charge is -2.25. The molecule has 0 radical (unpaired) electrons. The molecule has 1 atom stereocenters. The van der Waals surface area contributed by atoms with Crippen LogP contribution in [0.4, 0.5) is 5.69 Å². The number of hydrogen-bond acceptors (Lipinski definition) is 3. The summed E-state index contributed by atoms with van der Waals surface area (Å²) in [6.45, 7) is 4.65. The molecule has 1 heterocycles. The van der Waals surface area contributed by atoms with Crippen LogP contribution in [0, 0.1) is 11.3 Å². The zero-order chi connectivity index (χ0) is 12.3. The standard InChI is InChI=1S/C13H15BrN2O/c1-10-9-16(5-2-6-17-10)13-7-12(14)4-3-11(13)8-15/h3-4,7,10H,2,5-6,9H2,1H3. The molecule has 0 amide bonds. The molecule has 90 valence electrons. The Kier molecular flexibility index (Phi) is 4.03. The van der Waals surface area contributed by atoms with Crippen molar-refractivity contribution in [2.24, 2.45) is 0 Å². The normalized spacial score (nSPS) is 20.8. The molecular formula is C13H15BrN2O. The molecule has 17 heavy (non-hydrogen) atoms. The minimum Gasteiger partial charge on any atom is -0.377 e. The highest BCUT2D eigenvalue weighted by atomic mass is 79.9. The molecule has 1 aliphatic rings. The van der Waals surface area contributed by atoms with Gasteiger partial charge in [0.2, 0.25) is 0 Å². The van der Waals surface area contributed by atoms with Crippen LogP contribution in [0.15, 0.2) is 22.7 Å². The molecule has 3 nitrogen and oxygen atoms in total. The maximum atomic E-state index is 9.15. The maximum absolute atomic E-state index is 9.15.